The van der Waals surface area contributed by atoms with Crippen LogP contribution in [0.15, 0.2) is 53.7 Å². The summed E-state index contributed by atoms with van der Waals surface area (Å²) in [6.45, 7) is 6.03. The molecule has 0 fully saturated rings. The SMILES string of the molecule is Cc1cc(C2=NC(Cc3ccc(Cl)cc3C)CON2)c(Oc2cccc(C)c2F)cn1. The molecule has 3 aromatic rings. The summed E-state index contributed by atoms with van der Waals surface area (Å²) >= 11 is 6.07. The summed E-state index contributed by atoms with van der Waals surface area (Å²) in [4.78, 5) is 14.8. The summed E-state index contributed by atoms with van der Waals surface area (Å²) in [5.41, 5.74) is 7.10. The van der Waals surface area contributed by atoms with Gasteiger partial charge in [0, 0.05) is 10.7 Å². The average Bonchev–Trinajstić information content (AvgIpc) is 2.75. The number of halogens is 2. The van der Waals surface area contributed by atoms with Gasteiger partial charge < -0.3 is 4.74 Å². The molecule has 160 valence electrons. The first-order valence-corrected chi connectivity index (χ1v) is 10.4. The van der Waals surface area contributed by atoms with Gasteiger partial charge in [0.1, 0.15) is 0 Å². The minimum absolute atomic E-state index is 0.0897. The van der Waals surface area contributed by atoms with Gasteiger partial charge in [0.25, 0.3) is 0 Å². The molecule has 0 saturated heterocycles. The van der Waals surface area contributed by atoms with Crippen LogP contribution >= 0.6 is 11.6 Å². The van der Waals surface area contributed by atoms with E-state index >= 15 is 0 Å². The Kier molecular flexibility index (Phi) is 6.20. The lowest BCUT2D eigenvalue weighted by atomic mass is 10.0. The number of aliphatic imine (C=N–C) groups is 1. The molecule has 0 spiro atoms. The minimum Gasteiger partial charge on any atom is -0.452 e. The molecule has 1 aliphatic heterocycles. The Bertz CT molecular complexity index is 1150. The fourth-order valence-corrected chi connectivity index (χ4v) is 3.68. The Morgan fingerprint density at radius 3 is 2.77 bits per heavy atom. The fraction of sp³-hybridized carbons (Fsp3) is 0.250. The van der Waals surface area contributed by atoms with Gasteiger partial charge in [-0.15, -0.1) is 0 Å². The Balaban J connectivity index is 1.64. The van der Waals surface area contributed by atoms with Gasteiger partial charge >= 0.3 is 0 Å². The van der Waals surface area contributed by atoms with Crippen LogP contribution in [-0.4, -0.2) is 23.5 Å². The first kappa shape index (κ1) is 21.3. The molecule has 1 aliphatic rings. The molecule has 1 aromatic heterocycles. The number of aromatic nitrogens is 1. The number of rotatable bonds is 5. The molecule has 1 atom stereocenters. The minimum atomic E-state index is -0.403. The van der Waals surface area contributed by atoms with Gasteiger partial charge in [0.2, 0.25) is 0 Å². The van der Waals surface area contributed by atoms with Crippen LogP contribution in [0.2, 0.25) is 5.02 Å². The molecule has 2 heterocycles. The number of nitrogens with one attached hydrogen (secondary N) is 1. The molecule has 2 aromatic carbocycles. The lowest BCUT2D eigenvalue weighted by Crippen LogP contribution is -2.37. The van der Waals surface area contributed by atoms with E-state index in [9.17, 15) is 4.39 Å². The Morgan fingerprint density at radius 2 is 1.97 bits per heavy atom. The molecule has 31 heavy (non-hydrogen) atoms. The van der Waals surface area contributed by atoms with Crippen molar-refractivity contribution in [3.63, 3.8) is 0 Å². The molecule has 0 bridgehead atoms. The zero-order valence-corrected chi connectivity index (χ0v) is 18.3. The zero-order valence-electron chi connectivity index (χ0n) is 17.6. The van der Waals surface area contributed by atoms with E-state index < -0.39 is 5.82 Å². The van der Waals surface area contributed by atoms with Gasteiger partial charge in [-0.3, -0.25) is 14.8 Å². The monoisotopic (exact) mass is 439 g/mol. The van der Waals surface area contributed by atoms with E-state index in [1.165, 1.54) is 0 Å². The fourth-order valence-electron chi connectivity index (χ4n) is 3.46. The van der Waals surface area contributed by atoms with Crippen molar-refractivity contribution in [2.24, 2.45) is 4.99 Å². The Hall–Kier alpha value is -2.96. The molecule has 0 radical (unpaired) electrons. The molecule has 7 heteroatoms. The highest BCUT2D eigenvalue weighted by atomic mass is 35.5. The van der Waals surface area contributed by atoms with Crippen LogP contribution in [0.5, 0.6) is 11.5 Å². The molecule has 1 unspecified atom stereocenters. The second-order valence-electron chi connectivity index (χ2n) is 7.63. The smallest absolute Gasteiger partial charge is 0.168 e. The number of hydrogen-bond donors (Lipinski definition) is 1. The van der Waals surface area contributed by atoms with Crippen molar-refractivity contribution in [1.82, 2.24) is 10.5 Å². The van der Waals surface area contributed by atoms with Crippen LogP contribution in [0.3, 0.4) is 0 Å². The standard InChI is InChI=1S/C24H23ClFN3O2/c1-14-5-4-6-21(23(14)26)31-22-12-27-16(3)10-20(22)24-28-19(13-30-29-24)11-17-7-8-18(25)9-15(17)2/h4-10,12,19H,11,13H2,1-3H3,(H,28,29). The maximum absolute atomic E-state index is 14.5. The van der Waals surface area contributed by atoms with Gasteiger partial charge in [-0.25, -0.2) is 9.87 Å². The van der Waals surface area contributed by atoms with E-state index in [-0.39, 0.29) is 11.8 Å². The van der Waals surface area contributed by atoms with Crippen molar-refractivity contribution in [3.05, 3.63) is 87.4 Å². The van der Waals surface area contributed by atoms with Gasteiger partial charge in [0.05, 0.1) is 24.4 Å². The lowest BCUT2D eigenvalue weighted by Gasteiger charge is -2.24. The molecular formula is C24H23ClFN3O2. The predicted molar refractivity (Wildman–Crippen MR) is 119 cm³/mol. The number of aryl methyl sites for hydroxylation is 3. The zero-order chi connectivity index (χ0) is 22.0. The van der Waals surface area contributed by atoms with Gasteiger partial charge in [-0.05, 0) is 68.1 Å². The number of amidine groups is 1. The number of ether oxygens (including phenoxy) is 1. The van der Waals surface area contributed by atoms with Gasteiger partial charge in [-0.1, -0.05) is 29.8 Å². The van der Waals surface area contributed by atoms with Crippen LogP contribution < -0.4 is 10.2 Å². The molecule has 0 amide bonds. The second kappa shape index (κ2) is 9.04. The van der Waals surface area contributed by atoms with E-state index in [0.29, 0.717) is 40.8 Å². The van der Waals surface area contributed by atoms with Crippen molar-refractivity contribution < 1.29 is 14.0 Å². The average molecular weight is 440 g/mol. The highest BCUT2D eigenvalue weighted by Gasteiger charge is 2.22. The molecule has 0 saturated carbocycles. The quantitative estimate of drug-likeness (QED) is 0.571. The van der Waals surface area contributed by atoms with Crippen LogP contribution in [-0.2, 0) is 11.3 Å². The van der Waals surface area contributed by atoms with Crippen LogP contribution in [0.25, 0.3) is 0 Å². The van der Waals surface area contributed by atoms with Crippen LogP contribution in [0.1, 0.15) is 27.9 Å². The Labute approximate surface area is 185 Å². The number of benzene rings is 2. The maximum Gasteiger partial charge on any atom is 0.168 e. The third-order valence-corrected chi connectivity index (χ3v) is 5.39. The molecule has 4 rings (SSSR count). The summed E-state index contributed by atoms with van der Waals surface area (Å²) in [5, 5.41) is 0.712. The summed E-state index contributed by atoms with van der Waals surface area (Å²) in [6, 6.07) is 12.6. The van der Waals surface area contributed by atoms with Gasteiger partial charge in [-0.2, -0.15) is 0 Å². The summed E-state index contributed by atoms with van der Waals surface area (Å²) in [7, 11) is 0. The van der Waals surface area contributed by atoms with E-state index in [2.05, 4.69) is 10.5 Å². The first-order valence-electron chi connectivity index (χ1n) is 10.0. The van der Waals surface area contributed by atoms with E-state index in [1.54, 1.807) is 31.3 Å². The Morgan fingerprint density at radius 1 is 1.13 bits per heavy atom. The summed E-state index contributed by atoms with van der Waals surface area (Å²) < 4.78 is 20.4. The van der Waals surface area contributed by atoms with E-state index in [0.717, 1.165) is 16.8 Å². The third kappa shape index (κ3) is 4.86. The van der Waals surface area contributed by atoms with Crippen molar-refractivity contribution in [3.8, 4) is 11.5 Å². The van der Waals surface area contributed by atoms with E-state index in [4.69, 9.17) is 26.2 Å². The first-order chi connectivity index (χ1) is 14.9. The highest BCUT2D eigenvalue weighted by molar-refractivity contribution is 6.30. The van der Waals surface area contributed by atoms with Crippen molar-refractivity contribution in [1.29, 1.82) is 0 Å². The van der Waals surface area contributed by atoms with Crippen molar-refractivity contribution in [2.45, 2.75) is 33.2 Å². The van der Waals surface area contributed by atoms with E-state index in [1.807, 2.05) is 38.1 Å². The predicted octanol–water partition coefficient (Wildman–Crippen LogP) is 5.48. The van der Waals surface area contributed by atoms with Crippen LogP contribution in [0, 0.1) is 26.6 Å². The maximum atomic E-state index is 14.5. The number of hydroxylamine groups is 1. The normalized spacial score (nSPS) is 15.9. The second-order valence-corrected chi connectivity index (χ2v) is 8.07. The number of hydrogen-bond acceptors (Lipinski definition) is 5. The molecule has 5 nitrogen and oxygen atoms in total. The number of nitrogens with zero attached hydrogens (tertiary/aromatic N) is 2. The lowest BCUT2D eigenvalue weighted by molar-refractivity contribution is 0.0623. The molecular weight excluding hydrogens is 417 g/mol. The van der Waals surface area contributed by atoms with Crippen molar-refractivity contribution in [2.75, 3.05) is 6.61 Å². The van der Waals surface area contributed by atoms with Crippen molar-refractivity contribution >= 4 is 17.4 Å². The highest BCUT2D eigenvalue weighted by Crippen LogP contribution is 2.29. The molecule has 0 aliphatic carbocycles. The largest absolute Gasteiger partial charge is 0.452 e. The third-order valence-electron chi connectivity index (χ3n) is 5.15. The molecule has 1 N–H and O–H groups in total. The summed E-state index contributed by atoms with van der Waals surface area (Å²) in [6.07, 6.45) is 2.28. The topological polar surface area (TPSA) is 55.7 Å². The summed E-state index contributed by atoms with van der Waals surface area (Å²) in [5.74, 6) is 0.655. The van der Waals surface area contributed by atoms with Crippen LogP contribution in [0.4, 0.5) is 4.39 Å². The number of pyridine rings is 1. The van der Waals surface area contributed by atoms with Gasteiger partial charge in [0.15, 0.2) is 23.2 Å².